The fraction of sp³-hybridized carbons (Fsp3) is 0.118. The fourth-order valence-electron chi connectivity index (χ4n) is 2.20. The summed E-state index contributed by atoms with van der Waals surface area (Å²) in [4.78, 5) is 24.3. The summed E-state index contributed by atoms with van der Waals surface area (Å²) in [6, 6.07) is 15.9. The maximum Gasteiger partial charge on any atom is 0.437 e. The van der Waals surface area contributed by atoms with Gasteiger partial charge in [0.2, 0.25) is 5.89 Å². The Morgan fingerprint density at radius 3 is 2.57 bits per heavy atom. The van der Waals surface area contributed by atoms with Crippen LogP contribution in [0.4, 0.5) is 0 Å². The molecule has 116 valence electrons. The third-order valence-electron chi connectivity index (χ3n) is 3.33. The predicted octanol–water partition coefficient (Wildman–Crippen LogP) is 2.39. The molecule has 1 aromatic heterocycles. The van der Waals surface area contributed by atoms with Gasteiger partial charge in [0.15, 0.2) is 5.78 Å². The lowest BCUT2D eigenvalue weighted by Gasteiger charge is -2.06. The van der Waals surface area contributed by atoms with Crippen molar-refractivity contribution in [2.24, 2.45) is 0 Å². The molecular formula is C17H14N2O4. The molecular weight excluding hydrogens is 296 g/mol. The highest BCUT2D eigenvalue weighted by Gasteiger charge is 2.16. The number of benzene rings is 2. The summed E-state index contributed by atoms with van der Waals surface area (Å²) in [7, 11) is 1.49. The predicted molar refractivity (Wildman–Crippen MR) is 83.5 cm³/mol. The first-order chi connectivity index (χ1) is 11.2. The molecule has 0 radical (unpaired) electrons. The van der Waals surface area contributed by atoms with E-state index in [0.29, 0.717) is 16.9 Å². The number of Topliss-reactive ketones (excluding diaryl/α,β-unsaturated/α-hetero) is 1. The molecule has 0 N–H and O–H groups in total. The van der Waals surface area contributed by atoms with Gasteiger partial charge in [0.25, 0.3) is 0 Å². The van der Waals surface area contributed by atoms with Crippen LogP contribution >= 0.6 is 0 Å². The van der Waals surface area contributed by atoms with E-state index in [4.69, 9.17) is 9.15 Å². The van der Waals surface area contributed by atoms with Gasteiger partial charge in [-0.3, -0.25) is 4.79 Å². The SMILES string of the molecule is COc1ccccc1C(=O)Cn1nc(-c2ccccc2)oc1=O. The quantitative estimate of drug-likeness (QED) is 0.676. The van der Waals surface area contributed by atoms with E-state index in [0.717, 1.165) is 4.68 Å². The Morgan fingerprint density at radius 2 is 1.83 bits per heavy atom. The van der Waals surface area contributed by atoms with Crippen molar-refractivity contribution in [3.63, 3.8) is 0 Å². The lowest BCUT2D eigenvalue weighted by molar-refractivity contribution is 0.0962. The summed E-state index contributed by atoms with van der Waals surface area (Å²) in [6.07, 6.45) is 0. The first kappa shape index (κ1) is 14.8. The summed E-state index contributed by atoms with van der Waals surface area (Å²) in [5.41, 5.74) is 1.07. The molecule has 3 rings (SSSR count). The van der Waals surface area contributed by atoms with E-state index in [1.54, 1.807) is 36.4 Å². The van der Waals surface area contributed by atoms with E-state index < -0.39 is 5.76 Å². The molecule has 3 aromatic rings. The minimum atomic E-state index is -0.674. The van der Waals surface area contributed by atoms with Crippen LogP contribution in [0.1, 0.15) is 10.4 Å². The lowest BCUT2D eigenvalue weighted by Crippen LogP contribution is -2.21. The Morgan fingerprint density at radius 1 is 1.13 bits per heavy atom. The molecule has 1 heterocycles. The number of rotatable bonds is 5. The molecule has 6 nitrogen and oxygen atoms in total. The van der Waals surface area contributed by atoms with E-state index in [1.807, 2.05) is 18.2 Å². The van der Waals surface area contributed by atoms with Gasteiger partial charge in [0.1, 0.15) is 12.3 Å². The number of aromatic nitrogens is 2. The van der Waals surface area contributed by atoms with Crippen molar-refractivity contribution in [3.05, 3.63) is 70.7 Å². The van der Waals surface area contributed by atoms with E-state index in [9.17, 15) is 9.59 Å². The van der Waals surface area contributed by atoms with Gasteiger partial charge in [-0.2, -0.15) is 4.68 Å². The molecule has 2 aromatic carbocycles. The number of ketones is 1. The van der Waals surface area contributed by atoms with E-state index in [-0.39, 0.29) is 18.2 Å². The second kappa shape index (κ2) is 6.31. The van der Waals surface area contributed by atoms with Gasteiger partial charge in [0.05, 0.1) is 12.7 Å². The summed E-state index contributed by atoms with van der Waals surface area (Å²) >= 11 is 0. The fourth-order valence-corrected chi connectivity index (χ4v) is 2.20. The van der Waals surface area contributed by atoms with Crippen LogP contribution in [-0.2, 0) is 6.54 Å². The highest BCUT2D eigenvalue weighted by Crippen LogP contribution is 2.19. The van der Waals surface area contributed by atoms with Crippen LogP contribution in [0.5, 0.6) is 5.75 Å². The van der Waals surface area contributed by atoms with Gasteiger partial charge in [-0.25, -0.2) is 4.79 Å². The maximum absolute atomic E-state index is 12.4. The maximum atomic E-state index is 12.4. The normalized spacial score (nSPS) is 10.5. The zero-order valence-electron chi connectivity index (χ0n) is 12.4. The molecule has 0 bridgehead atoms. The van der Waals surface area contributed by atoms with Crippen LogP contribution in [0.2, 0.25) is 0 Å². The molecule has 0 amide bonds. The first-order valence-electron chi connectivity index (χ1n) is 6.98. The number of carbonyl (C=O) groups excluding carboxylic acids is 1. The first-order valence-corrected chi connectivity index (χ1v) is 6.98. The van der Waals surface area contributed by atoms with Gasteiger partial charge >= 0.3 is 5.76 Å². The van der Waals surface area contributed by atoms with Crippen LogP contribution in [0.25, 0.3) is 11.5 Å². The van der Waals surface area contributed by atoms with Crippen molar-refractivity contribution in [1.82, 2.24) is 9.78 Å². The number of nitrogens with zero attached hydrogens (tertiary/aromatic N) is 2. The van der Waals surface area contributed by atoms with Crippen LogP contribution in [-0.4, -0.2) is 22.7 Å². The van der Waals surface area contributed by atoms with Gasteiger partial charge < -0.3 is 9.15 Å². The highest BCUT2D eigenvalue weighted by atomic mass is 16.5. The second-order valence-corrected chi connectivity index (χ2v) is 4.82. The Balaban J connectivity index is 1.88. The van der Waals surface area contributed by atoms with Crippen molar-refractivity contribution >= 4 is 5.78 Å². The largest absolute Gasteiger partial charge is 0.496 e. The third-order valence-corrected chi connectivity index (χ3v) is 3.33. The highest BCUT2D eigenvalue weighted by molar-refractivity contribution is 5.98. The van der Waals surface area contributed by atoms with E-state index >= 15 is 0 Å². The average Bonchev–Trinajstić information content (AvgIpc) is 2.96. The van der Waals surface area contributed by atoms with Crippen LogP contribution in [0.3, 0.4) is 0 Å². The standard InChI is InChI=1S/C17H14N2O4/c1-22-15-10-6-5-9-13(15)14(20)11-19-17(21)23-16(18-19)12-7-3-2-4-8-12/h2-10H,11H2,1H3. The molecule has 0 saturated carbocycles. The number of ether oxygens (including phenoxy) is 1. The summed E-state index contributed by atoms with van der Waals surface area (Å²) in [5.74, 6) is -0.315. The van der Waals surface area contributed by atoms with Crippen molar-refractivity contribution in [3.8, 4) is 17.2 Å². The molecule has 0 aliphatic rings. The lowest BCUT2D eigenvalue weighted by atomic mass is 10.1. The third kappa shape index (κ3) is 3.06. The van der Waals surface area contributed by atoms with Gasteiger partial charge in [0, 0.05) is 5.56 Å². The zero-order chi connectivity index (χ0) is 16.2. The van der Waals surface area contributed by atoms with Gasteiger partial charge in [-0.1, -0.05) is 30.3 Å². The molecule has 6 heteroatoms. The topological polar surface area (TPSA) is 74.3 Å². The van der Waals surface area contributed by atoms with Crippen molar-refractivity contribution < 1.29 is 13.9 Å². The van der Waals surface area contributed by atoms with Crippen LogP contribution in [0, 0.1) is 0 Å². The molecule has 0 unspecified atom stereocenters. The smallest absolute Gasteiger partial charge is 0.437 e. The molecule has 0 atom stereocenters. The Kier molecular flexibility index (Phi) is 4.05. The average molecular weight is 310 g/mol. The van der Waals surface area contributed by atoms with E-state index in [1.165, 1.54) is 7.11 Å². The minimum Gasteiger partial charge on any atom is -0.496 e. The summed E-state index contributed by atoms with van der Waals surface area (Å²) in [6.45, 7) is -0.213. The Bertz CT molecular complexity index is 881. The number of hydrogen-bond donors (Lipinski definition) is 0. The Labute approximate surface area is 131 Å². The summed E-state index contributed by atoms with van der Waals surface area (Å²) < 4.78 is 11.3. The van der Waals surface area contributed by atoms with Crippen LogP contribution in [0.15, 0.2) is 63.8 Å². The van der Waals surface area contributed by atoms with Crippen LogP contribution < -0.4 is 10.5 Å². The van der Waals surface area contributed by atoms with E-state index in [2.05, 4.69) is 5.10 Å². The monoisotopic (exact) mass is 310 g/mol. The number of hydrogen-bond acceptors (Lipinski definition) is 5. The summed E-state index contributed by atoms with van der Waals surface area (Å²) in [5, 5.41) is 4.08. The zero-order valence-corrected chi connectivity index (χ0v) is 12.4. The molecule has 0 aliphatic heterocycles. The van der Waals surface area contributed by atoms with Crippen molar-refractivity contribution in [2.75, 3.05) is 7.11 Å². The second-order valence-electron chi connectivity index (χ2n) is 4.82. The molecule has 0 saturated heterocycles. The Hall–Kier alpha value is -3.15. The van der Waals surface area contributed by atoms with Crippen molar-refractivity contribution in [2.45, 2.75) is 6.54 Å². The van der Waals surface area contributed by atoms with Gasteiger partial charge in [-0.05, 0) is 24.3 Å². The number of para-hydroxylation sites is 1. The molecule has 0 spiro atoms. The van der Waals surface area contributed by atoms with Gasteiger partial charge in [-0.15, -0.1) is 5.10 Å². The number of carbonyl (C=O) groups is 1. The molecule has 0 fully saturated rings. The van der Waals surface area contributed by atoms with Crippen molar-refractivity contribution in [1.29, 1.82) is 0 Å². The minimum absolute atomic E-state index is 0.184. The molecule has 0 aliphatic carbocycles. The molecule has 23 heavy (non-hydrogen) atoms. The number of methoxy groups -OCH3 is 1.